The first-order valence-electron chi connectivity index (χ1n) is 7.47. The molecule has 8 heteroatoms. The van der Waals surface area contributed by atoms with Crippen LogP contribution in [-0.4, -0.2) is 35.0 Å². The number of halogens is 1. The Balaban J connectivity index is 2.29. The van der Waals surface area contributed by atoms with E-state index in [-0.39, 0.29) is 10.7 Å². The number of fused-ring (bicyclic) bond motifs is 1. The van der Waals surface area contributed by atoms with Crippen molar-refractivity contribution in [3.05, 3.63) is 40.3 Å². The van der Waals surface area contributed by atoms with Crippen molar-refractivity contribution in [2.24, 2.45) is 7.05 Å². The molecule has 3 rings (SSSR count). The smallest absolute Gasteiger partial charge is 0.261 e. The van der Waals surface area contributed by atoms with Crippen molar-refractivity contribution in [2.75, 3.05) is 0 Å². The second-order valence-electron chi connectivity index (χ2n) is 6.38. The molecule has 0 aliphatic heterocycles. The lowest BCUT2D eigenvalue weighted by Gasteiger charge is -2.27. The molecule has 0 unspecified atom stereocenters. The number of hydrogen-bond donors (Lipinski definition) is 1. The average molecular weight is 348 g/mol. The predicted octanol–water partition coefficient (Wildman–Crippen LogP) is 2.18. The largest absolute Gasteiger partial charge is 0.388 e. The molecule has 0 amide bonds. The lowest BCUT2D eigenvalue weighted by Crippen LogP contribution is -2.37. The van der Waals surface area contributed by atoms with Crippen molar-refractivity contribution in [3.63, 3.8) is 0 Å². The molecule has 24 heavy (non-hydrogen) atoms. The molecule has 3 heterocycles. The maximum absolute atomic E-state index is 12.9. The Morgan fingerprint density at radius 1 is 1.38 bits per heavy atom. The van der Waals surface area contributed by atoms with Gasteiger partial charge in [0.15, 0.2) is 0 Å². The molecule has 0 fully saturated rings. The van der Waals surface area contributed by atoms with Crippen molar-refractivity contribution < 1.29 is 5.11 Å². The molecule has 126 valence electrons. The van der Waals surface area contributed by atoms with Crippen molar-refractivity contribution in [1.82, 2.24) is 24.3 Å². The minimum absolute atomic E-state index is 0.203. The Bertz CT molecular complexity index is 971. The van der Waals surface area contributed by atoms with Crippen molar-refractivity contribution in [3.8, 4) is 11.3 Å². The molecule has 3 aromatic rings. The Morgan fingerprint density at radius 2 is 2.08 bits per heavy atom. The molecule has 0 aliphatic carbocycles. The average Bonchev–Trinajstić information content (AvgIpc) is 2.92. The van der Waals surface area contributed by atoms with Gasteiger partial charge in [0, 0.05) is 18.8 Å². The summed E-state index contributed by atoms with van der Waals surface area (Å²) in [5.41, 5.74) is 0.346. The number of aromatic nitrogens is 5. The highest BCUT2D eigenvalue weighted by Crippen LogP contribution is 2.27. The third-order valence-corrected chi connectivity index (χ3v) is 4.35. The molecule has 0 spiro atoms. The Hall–Kier alpha value is -2.25. The van der Waals surface area contributed by atoms with E-state index in [1.54, 1.807) is 44.9 Å². The third kappa shape index (κ3) is 2.81. The first-order chi connectivity index (χ1) is 11.2. The maximum Gasteiger partial charge on any atom is 0.261 e. The zero-order valence-corrected chi connectivity index (χ0v) is 14.6. The van der Waals surface area contributed by atoms with Crippen LogP contribution in [0, 0.1) is 0 Å². The van der Waals surface area contributed by atoms with Gasteiger partial charge in [0.25, 0.3) is 5.56 Å². The van der Waals surface area contributed by atoms with E-state index in [4.69, 9.17) is 11.6 Å². The molecule has 0 saturated heterocycles. The number of hydrogen-bond acceptors (Lipinski definition) is 5. The number of pyridine rings is 1. The first kappa shape index (κ1) is 16.6. The summed E-state index contributed by atoms with van der Waals surface area (Å²) in [6, 6.07) is 1.05. The van der Waals surface area contributed by atoms with Crippen LogP contribution in [0.1, 0.15) is 26.8 Å². The van der Waals surface area contributed by atoms with Gasteiger partial charge in [-0.05, 0) is 26.8 Å². The van der Waals surface area contributed by atoms with Crippen LogP contribution in [0.25, 0.3) is 22.2 Å². The fourth-order valence-electron chi connectivity index (χ4n) is 2.47. The summed E-state index contributed by atoms with van der Waals surface area (Å²) >= 11 is 6.11. The summed E-state index contributed by atoms with van der Waals surface area (Å²) in [6.45, 7) is 5.06. The van der Waals surface area contributed by atoms with Crippen LogP contribution in [-0.2, 0) is 7.05 Å². The number of rotatable bonds is 3. The van der Waals surface area contributed by atoms with E-state index in [0.717, 1.165) is 5.56 Å². The molecule has 3 aromatic heterocycles. The normalized spacial score (nSPS) is 13.4. The summed E-state index contributed by atoms with van der Waals surface area (Å²) in [5.74, 6) is 0. The molecular formula is C16H18ClN5O2. The Morgan fingerprint density at radius 3 is 2.67 bits per heavy atom. The maximum atomic E-state index is 12.9. The van der Waals surface area contributed by atoms with Gasteiger partial charge in [-0.3, -0.25) is 14.0 Å². The fourth-order valence-corrected chi connectivity index (χ4v) is 2.67. The van der Waals surface area contributed by atoms with Gasteiger partial charge in [0.2, 0.25) is 0 Å². The van der Waals surface area contributed by atoms with Crippen LogP contribution >= 0.6 is 11.6 Å². The summed E-state index contributed by atoms with van der Waals surface area (Å²) in [4.78, 5) is 21.6. The number of aryl methyl sites for hydroxylation is 1. The van der Waals surface area contributed by atoms with E-state index in [1.807, 2.05) is 0 Å². The lowest BCUT2D eigenvalue weighted by molar-refractivity contribution is 0.0290. The van der Waals surface area contributed by atoms with Gasteiger partial charge in [-0.15, -0.1) is 0 Å². The van der Waals surface area contributed by atoms with Crippen LogP contribution in [0.3, 0.4) is 0 Å². The van der Waals surface area contributed by atoms with Gasteiger partial charge in [-0.25, -0.2) is 9.97 Å². The molecule has 0 aliphatic rings. The molecular weight excluding hydrogens is 330 g/mol. The van der Waals surface area contributed by atoms with E-state index in [1.165, 1.54) is 17.0 Å². The summed E-state index contributed by atoms with van der Waals surface area (Å²) < 4.78 is 3.05. The van der Waals surface area contributed by atoms with Crippen LogP contribution in [0.5, 0.6) is 0 Å². The quantitative estimate of drug-likeness (QED) is 0.734. The van der Waals surface area contributed by atoms with Crippen LogP contribution in [0.4, 0.5) is 0 Å². The summed E-state index contributed by atoms with van der Waals surface area (Å²) in [5, 5.41) is 14.9. The summed E-state index contributed by atoms with van der Waals surface area (Å²) in [7, 11) is 1.79. The standard InChI is InChI=1S/C16H18ClN5O2/c1-9(16(2,3)24)22-8-18-14-11(15(22)23)5-12(17)20-13(14)10-6-19-21(4)7-10/h5-9,24H,1-4H3/t9-/m0/s1. The van der Waals surface area contributed by atoms with E-state index >= 15 is 0 Å². The SMILES string of the molecule is C[C@H](n1cnc2c(-c3cnn(C)c3)nc(Cl)cc2c1=O)C(C)(C)O. The Kier molecular flexibility index (Phi) is 3.93. The van der Waals surface area contributed by atoms with Crippen LogP contribution in [0.15, 0.2) is 29.6 Å². The van der Waals surface area contributed by atoms with Gasteiger partial charge in [-0.2, -0.15) is 5.10 Å². The van der Waals surface area contributed by atoms with E-state index in [0.29, 0.717) is 16.6 Å². The Labute approximate surface area is 143 Å². The fraction of sp³-hybridized carbons (Fsp3) is 0.375. The molecule has 0 saturated carbocycles. The highest BCUT2D eigenvalue weighted by atomic mass is 35.5. The molecule has 7 nitrogen and oxygen atoms in total. The predicted molar refractivity (Wildman–Crippen MR) is 92.0 cm³/mol. The zero-order chi connectivity index (χ0) is 17.6. The first-order valence-corrected chi connectivity index (χ1v) is 7.85. The highest BCUT2D eigenvalue weighted by molar-refractivity contribution is 6.30. The highest BCUT2D eigenvalue weighted by Gasteiger charge is 2.26. The van der Waals surface area contributed by atoms with Crippen LogP contribution < -0.4 is 5.56 Å². The lowest BCUT2D eigenvalue weighted by atomic mass is 10.0. The monoisotopic (exact) mass is 347 g/mol. The van der Waals surface area contributed by atoms with Crippen molar-refractivity contribution >= 4 is 22.5 Å². The van der Waals surface area contributed by atoms with E-state index in [9.17, 15) is 9.90 Å². The van der Waals surface area contributed by atoms with Crippen LogP contribution in [0.2, 0.25) is 5.15 Å². The van der Waals surface area contributed by atoms with Gasteiger partial charge in [-0.1, -0.05) is 11.6 Å². The molecule has 1 N–H and O–H groups in total. The minimum atomic E-state index is -1.07. The van der Waals surface area contributed by atoms with Crippen molar-refractivity contribution in [2.45, 2.75) is 32.4 Å². The molecule has 0 aromatic carbocycles. The van der Waals surface area contributed by atoms with Gasteiger partial charge in [0.05, 0.1) is 29.6 Å². The van der Waals surface area contributed by atoms with Gasteiger partial charge < -0.3 is 5.11 Å². The van der Waals surface area contributed by atoms with Gasteiger partial charge in [0.1, 0.15) is 16.4 Å². The second-order valence-corrected chi connectivity index (χ2v) is 6.77. The zero-order valence-electron chi connectivity index (χ0n) is 13.9. The topological polar surface area (TPSA) is 85.8 Å². The number of aliphatic hydroxyl groups is 1. The molecule has 0 bridgehead atoms. The number of nitrogens with zero attached hydrogens (tertiary/aromatic N) is 5. The molecule has 0 radical (unpaired) electrons. The third-order valence-electron chi connectivity index (χ3n) is 4.16. The van der Waals surface area contributed by atoms with E-state index in [2.05, 4.69) is 15.1 Å². The van der Waals surface area contributed by atoms with E-state index < -0.39 is 11.6 Å². The summed E-state index contributed by atoms with van der Waals surface area (Å²) in [6.07, 6.45) is 4.86. The minimum Gasteiger partial charge on any atom is -0.388 e. The van der Waals surface area contributed by atoms with Gasteiger partial charge >= 0.3 is 0 Å². The second kappa shape index (κ2) is 5.68. The van der Waals surface area contributed by atoms with Crippen molar-refractivity contribution in [1.29, 1.82) is 0 Å². The molecule has 1 atom stereocenters.